The number of ether oxygens (including phenoxy) is 3. The molecular formula is C41H44N4O8. The number of hydrogen-bond acceptors (Lipinski definition) is 8. The molecule has 3 aliphatic rings. The molecule has 8 bridgehead atoms. The molecule has 12 heteroatoms. The van der Waals surface area contributed by atoms with Crippen LogP contribution < -0.4 is 16.0 Å². The summed E-state index contributed by atoms with van der Waals surface area (Å²) in [6.07, 6.45) is 13.8. The first-order valence-corrected chi connectivity index (χ1v) is 17.3. The van der Waals surface area contributed by atoms with Gasteiger partial charge in [-0.25, -0.2) is 4.79 Å². The van der Waals surface area contributed by atoms with E-state index >= 15 is 0 Å². The molecule has 0 unspecified atom stereocenters. The Balaban J connectivity index is 1.72. The van der Waals surface area contributed by atoms with Gasteiger partial charge in [-0.15, -0.1) is 0 Å². The molecule has 5 heterocycles. The van der Waals surface area contributed by atoms with Crippen LogP contribution in [0.25, 0.3) is 30.4 Å². The lowest BCUT2D eigenvalue weighted by molar-refractivity contribution is -0.150. The number of carbonyl (C=O) groups excluding carboxylic acids is 3. The third-order valence-corrected chi connectivity index (χ3v) is 10.9. The molecule has 0 aromatic carbocycles. The minimum absolute atomic E-state index is 0.0595. The van der Waals surface area contributed by atoms with Crippen molar-refractivity contribution in [1.29, 1.82) is 0 Å². The Morgan fingerprint density at radius 3 is 2.13 bits per heavy atom. The fraction of sp³-hybridized carbons (Fsp3) is 0.317. The lowest BCUT2D eigenvalue weighted by Crippen LogP contribution is -2.40. The summed E-state index contributed by atoms with van der Waals surface area (Å²) in [4.78, 5) is 61.6. The second-order valence-corrected chi connectivity index (χ2v) is 13.7. The zero-order valence-corrected chi connectivity index (χ0v) is 31.0. The summed E-state index contributed by atoms with van der Waals surface area (Å²) in [6, 6.07) is 0. The molecule has 3 aromatic rings. The predicted molar refractivity (Wildman–Crippen MR) is 200 cm³/mol. The van der Waals surface area contributed by atoms with Crippen molar-refractivity contribution in [2.75, 3.05) is 21.3 Å². The predicted octanol–water partition coefficient (Wildman–Crippen LogP) is 4.15. The number of allylic oxidation sites excluding steroid dienone is 4. The van der Waals surface area contributed by atoms with Gasteiger partial charge in [0.05, 0.1) is 32.3 Å². The van der Waals surface area contributed by atoms with Gasteiger partial charge in [0.25, 0.3) is 0 Å². The summed E-state index contributed by atoms with van der Waals surface area (Å²) >= 11 is 0. The van der Waals surface area contributed by atoms with Gasteiger partial charge in [-0.05, 0) is 98.2 Å². The number of esters is 3. The number of carboxylic acids is 1. The number of rotatable bonds is 9. The van der Waals surface area contributed by atoms with Crippen LogP contribution >= 0.6 is 0 Å². The highest BCUT2D eigenvalue weighted by molar-refractivity contribution is 5.98. The molecule has 276 valence electrons. The average Bonchev–Trinajstić information content (AvgIpc) is 3.79. The minimum atomic E-state index is -1.11. The highest BCUT2D eigenvalue weighted by Crippen LogP contribution is 2.55. The zero-order valence-electron chi connectivity index (χ0n) is 31.0. The number of aliphatic carboxylic acids is 1. The maximum atomic E-state index is 13.7. The third kappa shape index (κ3) is 6.28. The van der Waals surface area contributed by atoms with Crippen molar-refractivity contribution in [3.8, 4) is 0 Å². The largest absolute Gasteiger partial charge is 0.481 e. The first kappa shape index (κ1) is 36.7. The van der Waals surface area contributed by atoms with Gasteiger partial charge in [0.15, 0.2) is 0 Å². The van der Waals surface area contributed by atoms with Crippen molar-refractivity contribution in [2.24, 2.45) is 11.3 Å². The second kappa shape index (κ2) is 14.2. The molecule has 0 radical (unpaired) electrons. The maximum absolute atomic E-state index is 13.7. The number of carboxylic acid groups (broad SMARTS) is 1. The second-order valence-electron chi connectivity index (χ2n) is 13.7. The number of hydrogen-bond donors (Lipinski definition) is 5. The van der Waals surface area contributed by atoms with Gasteiger partial charge in [-0.3, -0.25) is 14.4 Å². The van der Waals surface area contributed by atoms with E-state index in [1.807, 2.05) is 58.1 Å². The van der Waals surface area contributed by atoms with Crippen LogP contribution in [0, 0.1) is 32.1 Å². The number of fused-ring (bicyclic) bond motifs is 11. The van der Waals surface area contributed by atoms with Crippen LogP contribution in [0.2, 0.25) is 0 Å². The summed E-state index contributed by atoms with van der Waals surface area (Å²) < 4.78 is 15.4. The monoisotopic (exact) mass is 720 g/mol. The molecule has 2 aliphatic heterocycles. The summed E-state index contributed by atoms with van der Waals surface area (Å²) in [6.45, 7) is 11.9. The van der Waals surface area contributed by atoms with Gasteiger partial charge >= 0.3 is 23.9 Å². The Hall–Kier alpha value is -6.04. The van der Waals surface area contributed by atoms with Crippen LogP contribution in [-0.2, 0) is 46.2 Å². The van der Waals surface area contributed by atoms with E-state index in [0.717, 1.165) is 66.7 Å². The van der Waals surface area contributed by atoms with E-state index in [1.165, 1.54) is 21.3 Å². The Kier molecular flexibility index (Phi) is 9.83. The van der Waals surface area contributed by atoms with Crippen LogP contribution in [0.1, 0.15) is 75.9 Å². The van der Waals surface area contributed by atoms with E-state index in [1.54, 1.807) is 12.2 Å². The number of H-pyrrole nitrogens is 3. The van der Waals surface area contributed by atoms with Crippen molar-refractivity contribution < 1.29 is 38.5 Å². The fourth-order valence-corrected chi connectivity index (χ4v) is 7.86. The SMILES string of the molecule is C=Cc1c2[nH]c(c1C)C=C1NC(=Cc3[nH]c(c(CCC(=O)OC)c3C)C=c3[nH]c(c(C)c3CCC(=O)O)=C2)[C@@]2(C)C1=CC=C(C(=O)OC)[C@H]2C(=O)OC. The first-order valence-electron chi connectivity index (χ1n) is 17.3. The lowest BCUT2D eigenvalue weighted by atomic mass is 9.64. The van der Waals surface area contributed by atoms with E-state index in [4.69, 9.17) is 14.2 Å². The Morgan fingerprint density at radius 1 is 0.792 bits per heavy atom. The smallest absolute Gasteiger partial charge is 0.334 e. The van der Waals surface area contributed by atoms with Gasteiger partial charge in [-0.1, -0.05) is 24.8 Å². The van der Waals surface area contributed by atoms with E-state index in [9.17, 15) is 24.3 Å². The standard InChI is InChI=1S/C41H44N4O8/c1-9-23-20(2)29-17-34-27-13-10-26(39(49)52-7)38(40(50)53-8)41(27,5)35(45-34)19-30-22(4)25(12-15-37(48)51-6)33(44-30)18-32-24(11-14-36(46)47)21(3)28(43-32)16-31(23)42-29/h9-10,13,16-19,38,42-45H,1,11-12,14-15H2,2-8H3,(H,46,47)/t38-,41+/m0/s1. The highest BCUT2D eigenvalue weighted by atomic mass is 16.5. The molecule has 0 saturated carbocycles. The summed E-state index contributed by atoms with van der Waals surface area (Å²) in [7, 11) is 3.92. The number of nitrogens with one attached hydrogen (secondary N) is 4. The lowest BCUT2D eigenvalue weighted by Gasteiger charge is -2.36. The van der Waals surface area contributed by atoms with Crippen molar-refractivity contribution in [3.63, 3.8) is 0 Å². The van der Waals surface area contributed by atoms with Crippen molar-refractivity contribution in [2.45, 2.75) is 53.4 Å². The molecule has 5 N–H and O–H groups in total. The van der Waals surface area contributed by atoms with Crippen LogP contribution in [0.5, 0.6) is 0 Å². The van der Waals surface area contributed by atoms with E-state index < -0.39 is 29.2 Å². The molecule has 3 aromatic heterocycles. The fourth-order valence-electron chi connectivity index (χ4n) is 7.86. The summed E-state index contributed by atoms with van der Waals surface area (Å²) in [5, 5.41) is 14.8. The average molecular weight is 721 g/mol. The van der Waals surface area contributed by atoms with Crippen LogP contribution in [0.15, 0.2) is 41.3 Å². The molecule has 0 amide bonds. The molecule has 1 saturated heterocycles. The molecular weight excluding hydrogens is 676 g/mol. The third-order valence-electron chi connectivity index (χ3n) is 10.9. The Morgan fingerprint density at radius 2 is 1.47 bits per heavy atom. The van der Waals surface area contributed by atoms with Gasteiger partial charge < -0.3 is 39.6 Å². The van der Waals surface area contributed by atoms with Gasteiger partial charge in [-0.2, -0.15) is 0 Å². The van der Waals surface area contributed by atoms with Crippen LogP contribution in [0.3, 0.4) is 0 Å². The molecule has 2 atom stereocenters. The quantitative estimate of drug-likeness (QED) is 0.161. The van der Waals surface area contributed by atoms with Crippen LogP contribution in [-0.4, -0.2) is 65.3 Å². The summed E-state index contributed by atoms with van der Waals surface area (Å²) in [5.41, 5.74) is 9.51. The minimum Gasteiger partial charge on any atom is -0.481 e. The van der Waals surface area contributed by atoms with E-state index in [0.29, 0.717) is 29.9 Å². The van der Waals surface area contributed by atoms with E-state index in [2.05, 4.69) is 26.8 Å². The van der Waals surface area contributed by atoms with Crippen molar-refractivity contribution in [3.05, 3.63) is 108 Å². The normalized spacial score (nSPS) is 18.5. The number of aromatic nitrogens is 3. The molecule has 1 fully saturated rings. The van der Waals surface area contributed by atoms with Crippen molar-refractivity contribution in [1.82, 2.24) is 20.3 Å². The zero-order chi connectivity index (χ0) is 38.4. The molecule has 53 heavy (non-hydrogen) atoms. The summed E-state index contributed by atoms with van der Waals surface area (Å²) in [5.74, 6) is -3.55. The maximum Gasteiger partial charge on any atom is 0.334 e. The Labute approximate surface area is 306 Å². The number of aromatic amines is 3. The topological polar surface area (TPSA) is 176 Å². The first-order chi connectivity index (χ1) is 25.3. The van der Waals surface area contributed by atoms with Gasteiger partial charge in [0.2, 0.25) is 0 Å². The van der Waals surface area contributed by atoms with E-state index in [-0.39, 0.29) is 24.4 Å². The van der Waals surface area contributed by atoms with Crippen molar-refractivity contribution >= 4 is 54.3 Å². The Bertz CT molecular complexity index is 2340. The number of methoxy groups -OCH3 is 3. The highest BCUT2D eigenvalue weighted by Gasteiger charge is 2.55. The molecule has 6 rings (SSSR count). The number of carbonyl (C=O) groups is 4. The molecule has 1 aliphatic carbocycles. The van der Waals surface area contributed by atoms with Gasteiger partial charge in [0.1, 0.15) is 5.92 Å². The molecule has 0 spiro atoms. The van der Waals surface area contributed by atoms with Gasteiger partial charge in [0, 0.05) is 63.3 Å². The molecule has 12 nitrogen and oxygen atoms in total. The van der Waals surface area contributed by atoms with Crippen LogP contribution in [0.4, 0.5) is 0 Å².